The highest BCUT2D eigenvalue weighted by atomic mass is 32.2. The number of nitrogens with two attached hydrogens (primary N) is 1. The standard InChI is InChI=1S/C8H13N3O2S/c1-14-5-2-7(9)8(12)13-11-4-3-10-6-11/h3-4,6-7H,2,5,9H2,1H3/t7-/m0/s1. The molecule has 0 saturated carbocycles. The number of carbonyl (C=O) groups is 1. The Bertz CT molecular complexity index is 276. The number of carbonyl (C=O) groups excluding carboxylic acids is 1. The van der Waals surface area contributed by atoms with Gasteiger partial charge in [0.15, 0.2) is 0 Å². The van der Waals surface area contributed by atoms with Crippen molar-refractivity contribution in [2.24, 2.45) is 5.73 Å². The first-order valence-corrected chi connectivity index (χ1v) is 5.58. The predicted molar refractivity (Wildman–Crippen MR) is 54.8 cm³/mol. The molecule has 1 aromatic rings. The van der Waals surface area contributed by atoms with Crippen molar-refractivity contribution < 1.29 is 9.63 Å². The van der Waals surface area contributed by atoms with Gasteiger partial charge >= 0.3 is 5.97 Å². The fourth-order valence-corrected chi connectivity index (χ4v) is 1.32. The van der Waals surface area contributed by atoms with Crippen molar-refractivity contribution >= 4 is 17.7 Å². The molecule has 0 aromatic carbocycles. The van der Waals surface area contributed by atoms with Gasteiger partial charge in [0.05, 0.1) is 6.20 Å². The molecule has 5 nitrogen and oxygen atoms in total. The first-order valence-electron chi connectivity index (χ1n) is 4.18. The monoisotopic (exact) mass is 215 g/mol. The van der Waals surface area contributed by atoms with Gasteiger partial charge in [-0.1, -0.05) is 0 Å². The number of thioether (sulfide) groups is 1. The molecule has 0 saturated heterocycles. The molecule has 1 aromatic heterocycles. The van der Waals surface area contributed by atoms with Gasteiger partial charge in [-0.25, -0.2) is 9.78 Å². The second kappa shape index (κ2) is 5.66. The fourth-order valence-electron chi connectivity index (χ4n) is 0.835. The minimum Gasteiger partial charge on any atom is -0.334 e. The van der Waals surface area contributed by atoms with Crippen molar-refractivity contribution in [1.29, 1.82) is 0 Å². The van der Waals surface area contributed by atoms with Crippen molar-refractivity contribution in [1.82, 2.24) is 9.71 Å². The summed E-state index contributed by atoms with van der Waals surface area (Å²) in [7, 11) is 0. The van der Waals surface area contributed by atoms with Gasteiger partial charge in [-0.15, -0.1) is 0 Å². The van der Waals surface area contributed by atoms with E-state index in [1.807, 2.05) is 6.26 Å². The Morgan fingerprint density at radius 3 is 3.14 bits per heavy atom. The average molecular weight is 215 g/mol. The molecular formula is C8H13N3O2S. The third-order valence-corrected chi connectivity index (χ3v) is 2.26. The van der Waals surface area contributed by atoms with Gasteiger partial charge in [0.2, 0.25) is 0 Å². The summed E-state index contributed by atoms with van der Waals surface area (Å²) >= 11 is 1.65. The summed E-state index contributed by atoms with van der Waals surface area (Å²) in [4.78, 5) is 19.9. The van der Waals surface area contributed by atoms with Crippen molar-refractivity contribution in [3.8, 4) is 0 Å². The zero-order valence-corrected chi connectivity index (χ0v) is 8.74. The van der Waals surface area contributed by atoms with Crippen LogP contribution in [0, 0.1) is 0 Å². The first-order chi connectivity index (χ1) is 6.74. The van der Waals surface area contributed by atoms with Crippen LogP contribution in [0.5, 0.6) is 0 Å². The molecule has 6 heteroatoms. The van der Waals surface area contributed by atoms with Crippen LogP contribution in [0.4, 0.5) is 0 Å². The van der Waals surface area contributed by atoms with Crippen LogP contribution in [0.1, 0.15) is 6.42 Å². The van der Waals surface area contributed by atoms with Gasteiger partial charge in [0.25, 0.3) is 0 Å². The molecule has 0 aliphatic heterocycles. The summed E-state index contributed by atoms with van der Waals surface area (Å²) in [6, 6.07) is -0.565. The van der Waals surface area contributed by atoms with Gasteiger partial charge in [-0.3, -0.25) is 0 Å². The highest BCUT2D eigenvalue weighted by molar-refractivity contribution is 7.98. The van der Waals surface area contributed by atoms with E-state index in [4.69, 9.17) is 10.6 Å². The summed E-state index contributed by atoms with van der Waals surface area (Å²) in [6.45, 7) is 0. The molecule has 0 spiro atoms. The van der Waals surface area contributed by atoms with Crippen LogP contribution < -0.4 is 10.6 Å². The number of imidazole rings is 1. The van der Waals surface area contributed by atoms with Crippen molar-refractivity contribution in [2.75, 3.05) is 12.0 Å². The van der Waals surface area contributed by atoms with E-state index in [-0.39, 0.29) is 0 Å². The topological polar surface area (TPSA) is 70.1 Å². The van der Waals surface area contributed by atoms with E-state index in [0.29, 0.717) is 6.42 Å². The molecule has 0 unspecified atom stereocenters. The Labute approximate surface area is 86.6 Å². The molecule has 0 amide bonds. The van der Waals surface area contributed by atoms with Crippen LogP contribution in [0.15, 0.2) is 18.7 Å². The van der Waals surface area contributed by atoms with Crippen LogP contribution in [-0.4, -0.2) is 33.7 Å². The first kappa shape index (κ1) is 11.1. The number of aromatic nitrogens is 2. The van der Waals surface area contributed by atoms with Gasteiger partial charge in [0.1, 0.15) is 12.4 Å². The molecule has 1 atom stereocenters. The van der Waals surface area contributed by atoms with Crippen LogP contribution in [0.2, 0.25) is 0 Å². The van der Waals surface area contributed by atoms with Crippen LogP contribution in [-0.2, 0) is 4.79 Å². The third kappa shape index (κ3) is 3.39. The van der Waals surface area contributed by atoms with Crippen LogP contribution >= 0.6 is 11.8 Å². The van der Waals surface area contributed by atoms with Crippen molar-refractivity contribution in [2.45, 2.75) is 12.5 Å². The second-order valence-corrected chi connectivity index (χ2v) is 3.71. The summed E-state index contributed by atoms with van der Waals surface area (Å²) in [5.74, 6) is 0.414. The van der Waals surface area contributed by atoms with E-state index in [0.717, 1.165) is 5.75 Å². The normalized spacial score (nSPS) is 12.4. The van der Waals surface area contributed by atoms with Gasteiger partial charge in [-0.05, 0) is 18.4 Å². The minimum atomic E-state index is -0.565. The van der Waals surface area contributed by atoms with E-state index in [1.54, 1.807) is 18.0 Å². The minimum absolute atomic E-state index is 0.433. The Hall–Kier alpha value is -1.01. The van der Waals surface area contributed by atoms with Crippen LogP contribution in [0.3, 0.4) is 0 Å². The fraction of sp³-hybridized carbons (Fsp3) is 0.500. The summed E-state index contributed by atoms with van der Waals surface area (Å²) in [5, 5.41) is 0. The Kier molecular flexibility index (Phi) is 4.48. The predicted octanol–water partition coefficient (Wildman–Crippen LogP) is -0.0813. The highest BCUT2D eigenvalue weighted by Gasteiger charge is 2.15. The lowest BCUT2D eigenvalue weighted by atomic mass is 10.2. The smallest absolute Gasteiger partial charge is 0.334 e. The lowest BCUT2D eigenvalue weighted by Gasteiger charge is -2.09. The molecule has 0 aliphatic rings. The van der Waals surface area contributed by atoms with E-state index in [2.05, 4.69) is 4.98 Å². The molecule has 0 aliphatic carbocycles. The number of hydrogen-bond acceptors (Lipinski definition) is 5. The zero-order valence-electron chi connectivity index (χ0n) is 7.92. The van der Waals surface area contributed by atoms with E-state index in [9.17, 15) is 4.79 Å². The van der Waals surface area contributed by atoms with Crippen molar-refractivity contribution in [3.63, 3.8) is 0 Å². The second-order valence-electron chi connectivity index (χ2n) is 2.72. The average Bonchev–Trinajstić information content (AvgIpc) is 2.66. The number of hydrogen-bond donors (Lipinski definition) is 1. The summed E-state index contributed by atoms with van der Waals surface area (Å²) < 4.78 is 1.24. The third-order valence-electron chi connectivity index (χ3n) is 1.61. The molecule has 78 valence electrons. The molecular weight excluding hydrogens is 202 g/mol. The maximum Gasteiger partial charge on any atom is 0.349 e. The highest BCUT2D eigenvalue weighted by Crippen LogP contribution is 1.99. The molecule has 0 radical (unpaired) electrons. The van der Waals surface area contributed by atoms with Gasteiger partial charge in [0, 0.05) is 6.20 Å². The van der Waals surface area contributed by atoms with E-state index >= 15 is 0 Å². The zero-order chi connectivity index (χ0) is 10.4. The quantitative estimate of drug-likeness (QED) is 0.744. The molecule has 2 N–H and O–H groups in total. The number of rotatable bonds is 5. The lowest BCUT2D eigenvalue weighted by Crippen LogP contribution is -2.37. The molecule has 1 heterocycles. The van der Waals surface area contributed by atoms with Gasteiger partial charge < -0.3 is 10.6 Å². The number of nitrogens with zero attached hydrogens (tertiary/aromatic N) is 2. The summed E-state index contributed by atoms with van der Waals surface area (Å²) in [6.07, 6.45) is 7.06. The largest absolute Gasteiger partial charge is 0.349 e. The molecule has 1 rings (SSSR count). The Morgan fingerprint density at radius 2 is 2.57 bits per heavy atom. The molecule has 0 bridgehead atoms. The lowest BCUT2D eigenvalue weighted by molar-refractivity contribution is -0.145. The van der Waals surface area contributed by atoms with E-state index < -0.39 is 12.0 Å². The maximum atomic E-state index is 11.3. The van der Waals surface area contributed by atoms with E-state index in [1.165, 1.54) is 17.3 Å². The SMILES string of the molecule is CSCC[C@H](N)C(=O)On1ccnc1. The maximum absolute atomic E-state index is 11.3. The van der Waals surface area contributed by atoms with Gasteiger partial charge in [-0.2, -0.15) is 16.5 Å². The Balaban J connectivity index is 2.34. The molecule has 0 fully saturated rings. The van der Waals surface area contributed by atoms with Crippen LogP contribution in [0.25, 0.3) is 0 Å². The van der Waals surface area contributed by atoms with Crippen molar-refractivity contribution in [3.05, 3.63) is 18.7 Å². The summed E-state index contributed by atoms with van der Waals surface area (Å²) in [5.41, 5.74) is 5.60. The molecule has 14 heavy (non-hydrogen) atoms. The Morgan fingerprint density at radius 1 is 1.79 bits per heavy atom.